The topological polar surface area (TPSA) is 89.0 Å². The molecule has 0 fully saturated rings. The van der Waals surface area contributed by atoms with Gasteiger partial charge in [0, 0.05) is 34.1 Å². The van der Waals surface area contributed by atoms with Gasteiger partial charge in [-0.05, 0) is 67.8 Å². The number of hydrogen-bond donors (Lipinski definition) is 2. The number of anilines is 1. The van der Waals surface area contributed by atoms with E-state index in [1.54, 1.807) is 30.3 Å². The summed E-state index contributed by atoms with van der Waals surface area (Å²) in [5.74, 6) is 0.676. The van der Waals surface area contributed by atoms with E-state index in [1.165, 1.54) is 6.21 Å². The predicted molar refractivity (Wildman–Crippen MR) is 148 cm³/mol. The molecule has 0 bridgehead atoms. The van der Waals surface area contributed by atoms with Gasteiger partial charge < -0.3 is 14.8 Å². The fraction of sp³-hybridized carbons (Fsp3) is 0.250. The molecule has 0 aliphatic carbocycles. The number of amides is 2. The van der Waals surface area contributed by atoms with Crippen LogP contribution in [-0.4, -0.2) is 24.6 Å². The van der Waals surface area contributed by atoms with Crippen molar-refractivity contribution in [2.24, 2.45) is 5.10 Å². The average Bonchev–Trinajstić information content (AvgIpc) is 2.87. The molecule has 0 atom stereocenters. The van der Waals surface area contributed by atoms with Gasteiger partial charge >= 0.3 is 0 Å². The van der Waals surface area contributed by atoms with Crippen LogP contribution in [0, 0.1) is 6.92 Å². The Hall–Kier alpha value is -3.55. The van der Waals surface area contributed by atoms with E-state index in [4.69, 9.17) is 32.7 Å². The number of nitrogens with one attached hydrogen (secondary N) is 2. The van der Waals surface area contributed by atoms with E-state index in [9.17, 15) is 9.59 Å². The van der Waals surface area contributed by atoms with Crippen molar-refractivity contribution in [2.45, 2.75) is 39.7 Å². The number of rotatable bonds is 12. The third-order valence-electron chi connectivity index (χ3n) is 5.36. The first-order valence-corrected chi connectivity index (χ1v) is 12.6. The molecule has 0 heterocycles. The first-order chi connectivity index (χ1) is 17.9. The van der Waals surface area contributed by atoms with E-state index in [1.807, 2.05) is 44.2 Å². The molecule has 3 rings (SSSR count). The van der Waals surface area contributed by atoms with Gasteiger partial charge in [0.25, 0.3) is 0 Å². The van der Waals surface area contributed by atoms with Gasteiger partial charge in [-0.2, -0.15) is 5.10 Å². The molecule has 37 heavy (non-hydrogen) atoms. The van der Waals surface area contributed by atoms with E-state index in [0.29, 0.717) is 46.9 Å². The summed E-state index contributed by atoms with van der Waals surface area (Å²) in [6, 6.07) is 18.2. The van der Waals surface area contributed by atoms with Gasteiger partial charge in [0.05, 0.1) is 12.8 Å². The van der Waals surface area contributed by atoms with Crippen LogP contribution in [0.2, 0.25) is 10.0 Å². The second-order valence-corrected chi connectivity index (χ2v) is 8.94. The average molecular weight is 542 g/mol. The molecular formula is C28H29Cl2N3O4. The van der Waals surface area contributed by atoms with Gasteiger partial charge in [0.15, 0.2) is 11.5 Å². The van der Waals surface area contributed by atoms with Crippen molar-refractivity contribution >= 4 is 46.9 Å². The van der Waals surface area contributed by atoms with E-state index < -0.39 is 0 Å². The molecule has 0 radical (unpaired) electrons. The quantitative estimate of drug-likeness (QED) is 0.201. The molecule has 0 aromatic heterocycles. The minimum absolute atomic E-state index is 0.165. The highest BCUT2D eigenvalue weighted by atomic mass is 35.5. The van der Waals surface area contributed by atoms with E-state index in [2.05, 4.69) is 15.8 Å². The largest absolute Gasteiger partial charge is 0.490 e. The molecule has 2 amide bonds. The standard InChI is InChI=1S/C28H29Cl2N3O4/c1-3-36-26-16-20(14-15-25(26)37-18-21-8-4-5-9-23(21)30)17-31-33-28(35)13-7-12-27(34)32-24-11-6-10-22(29)19(24)2/h4-6,8-11,14-17H,3,7,12-13,18H2,1-2H3,(H,32,34)(H,33,35)/b31-17-. The summed E-state index contributed by atoms with van der Waals surface area (Å²) >= 11 is 12.3. The maximum atomic E-state index is 12.2. The molecule has 194 valence electrons. The Bertz CT molecular complexity index is 1260. The lowest BCUT2D eigenvalue weighted by Gasteiger charge is -2.13. The zero-order valence-corrected chi connectivity index (χ0v) is 22.2. The highest BCUT2D eigenvalue weighted by Crippen LogP contribution is 2.29. The van der Waals surface area contributed by atoms with Crippen LogP contribution in [0.15, 0.2) is 65.8 Å². The lowest BCUT2D eigenvalue weighted by molar-refractivity contribution is -0.121. The van der Waals surface area contributed by atoms with E-state index >= 15 is 0 Å². The molecule has 0 aliphatic rings. The number of carbonyl (C=O) groups is 2. The van der Waals surface area contributed by atoms with Gasteiger partial charge in [-0.15, -0.1) is 0 Å². The molecule has 3 aromatic carbocycles. The predicted octanol–water partition coefficient (Wildman–Crippen LogP) is 6.54. The fourth-order valence-corrected chi connectivity index (χ4v) is 3.73. The summed E-state index contributed by atoms with van der Waals surface area (Å²) in [5.41, 5.74) is 5.55. The molecule has 2 N–H and O–H groups in total. The molecule has 3 aromatic rings. The molecule has 0 unspecified atom stereocenters. The summed E-state index contributed by atoms with van der Waals surface area (Å²) in [4.78, 5) is 24.3. The van der Waals surface area contributed by atoms with Crippen LogP contribution in [0.25, 0.3) is 0 Å². The lowest BCUT2D eigenvalue weighted by atomic mass is 10.2. The highest BCUT2D eigenvalue weighted by Gasteiger charge is 2.10. The van der Waals surface area contributed by atoms with Crippen molar-refractivity contribution in [3.05, 3.63) is 87.4 Å². The van der Waals surface area contributed by atoms with Crippen molar-refractivity contribution < 1.29 is 19.1 Å². The lowest BCUT2D eigenvalue weighted by Crippen LogP contribution is -2.18. The minimum Gasteiger partial charge on any atom is -0.490 e. The van der Waals surface area contributed by atoms with Crippen molar-refractivity contribution in [3.63, 3.8) is 0 Å². The highest BCUT2D eigenvalue weighted by molar-refractivity contribution is 6.32. The Balaban J connectivity index is 1.46. The number of ether oxygens (including phenoxy) is 2. The molecule has 0 aliphatic heterocycles. The third kappa shape index (κ3) is 8.81. The summed E-state index contributed by atoms with van der Waals surface area (Å²) < 4.78 is 11.6. The first-order valence-electron chi connectivity index (χ1n) is 11.9. The Morgan fingerprint density at radius 2 is 1.68 bits per heavy atom. The van der Waals surface area contributed by atoms with Crippen LogP contribution in [0.1, 0.15) is 42.9 Å². The Morgan fingerprint density at radius 1 is 0.919 bits per heavy atom. The SMILES string of the molecule is CCOc1cc(/C=N\NC(=O)CCCC(=O)Nc2cccc(Cl)c2C)ccc1OCc1ccccc1Cl. The van der Waals surface area contributed by atoms with Crippen LogP contribution in [0.3, 0.4) is 0 Å². The van der Waals surface area contributed by atoms with Crippen molar-refractivity contribution in [1.82, 2.24) is 5.43 Å². The molecular weight excluding hydrogens is 513 g/mol. The van der Waals surface area contributed by atoms with Crippen LogP contribution < -0.4 is 20.2 Å². The maximum absolute atomic E-state index is 12.2. The van der Waals surface area contributed by atoms with Crippen LogP contribution in [0.5, 0.6) is 11.5 Å². The zero-order valence-electron chi connectivity index (χ0n) is 20.7. The molecule has 7 nitrogen and oxygen atoms in total. The smallest absolute Gasteiger partial charge is 0.240 e. The third-order valence-corrected chi connectivity index (χ3v) is 6.14. The van der Waals surface area contributed by atoms with Crippen molar-refractivity contribution in [1.29, 1.82) is 0 Å². The number of carbonyl (C=O) groups excluding carboxylic acids is 2. The number of hydrazone groups is 1. The van der Waals surface area contributed by atoms with E-state index in [0.717, 1.165) is 16.7 Å². The fourth-order valence-electron chi connectivity index (χ4n) is 3.36. The monoisotopic (exact) mass is 541 g/mol. The number of benzene rings is 3. The maximum Gasteiger partial charge on any atom is 0.240 e. The first kappa shape index (κ1) is 28.0. The Morgan fingerprint density at radius 3 is 2.46 bits per heavy atom. The second-order valence-electron chi connectivity index (χ2n) is 8.13. The van der Waals surface area contributed by atoms with Crippen LogP contribution >= 0.6 is 23.2 Å². The number of hydrogen-bond acceptors (Lipinski definition) is 5. The molecule has 0 spiro atoms. The van der Waals surface area contributed by atoms with E-state index in [-0.39, 0.29) is 24.7 Å². The minimum atomic E-state index is -0.285. The zero-order chi connectivity index (χ0) is 26.6. The summed E-state index contributed by atoms with van der Waals surface area (Å²) in [6.07, 6.45) is 2.28. The van der Waals surface area contributed by atoms with Crippen LogP contribution in [0.4, 0.5) is 5.69 Å². The second kappa shape index (κ2) is 14.3. The normalized spacial score (nSPS) is 10.8. The van der Waals surface area contributed by atoms with Gasteiger partial charge in [-0.1, -0.05) is 47.5 Å². The summed E-state index contributed by atoms with van der Waals surface area (Å²) in [5, 5.41) is 8.05. The Labute approximate surface area is 226 Å². The van der Waals surface area contributed by atoms with Crippen LogP contribution in [-0.2, 0) is 16.2 Å². The summed E-state index contributed by atoms with van der Waals surface area (Å²) in [7, 11) is 0. The molecule has 0 saturated carbocycles. The van der Waals surface area contributed by atoms with Gasteiger partial charge in [0.1, 0.15) is 6.61 Å². The molecule has 0 saturated heterocycles. The molecule has 9 heteroatoms. The van der Waals surface area contributed by atoms with Crippen molar-refractivity contribution in [3.8, 4) is 11.5 Å². The van der Waals surface area contributed by atoms with Gasteiger partial charge in [-0.25, -0.2) is 5.43 Å². The van der Waals surface area contributed by atoms with Gasteiger partial charge in [0.2, 0.25) is 11.8 Å². The number of halogens is 2. The van der Waals surface area contributed by atoms with Gasteiger partial charge in [-0.3, -0.25) is 9.59 Å². The number of nitrogens with zero attached hydrogens (tertiary/aromatic N) is 1. The van der Waals surface area contributed by atoms with Crippen molar-refractivity contribution in [2.75, 3.05) is 11.9 Å². The summed E-state index contributed by atoms with van der Waals surface area (Å²) in [6.45, 7) is 4.49. The Kier molecular flexibility index (Phi) is 10.8.